The second-order valence-electron chi connectivity index (χ2n) is 11.5. The van der Waals surface area contributed by atoms with Gasteiger partial charge in [-0.1, -0.05) is 41.5 Å². The normalized spacial score (nSPS) is 32.0. The Labute approximate surface area is 167 Å². The molecule has 1 rings (SSSR count). The second-order valence-corrected chi connectivity index (χ2v) is 11.5. The summed E-state index contributed by atoms with van der Waals surface area (Å²) in [5.74, 6) is 0.319. The van der Waals surface area contributed by atoms with Crippen molar-refractivity contribution < 1.29 is 15.0 Å². The highest BCUT2D eigenvalue weighted by Crippen LogP contribution is 2.48. The first-order valence-corrected chi connectivity index (χ1v) is 10.7. The number of nitrogens with zero attached hydrogens (tertiary/aromatic N) is 1. The minimum absolute atomic E-state index is 0.0374. The maximum Gasteiger partial charge on any atom is 0.133 e. The Bertz CT molecular complexity index is 520. The molecule has 3 unspecified atom stereocenters. The quantitative estimate of drug-likeness (QED) is 0.651. The van der Waals surface area contributed by atoms with Gasteiger partial charge in [-0.15, -0.1) is 0 Å². The highest BCUT2D eigenvalue weighted by Gasteiger charge is 2.52. The zero-order chi connectivity index (χ0) is 21.3. The molecular formula is C23H45NO3. The number of ketones is 1. The largest absolute Gasteiger partial charge is 0.390 e. The van der Waals surface area contributed by atoms with Crippen LogP contribution in [0.25, 0.3) is 0 Å². The zero-order valence-corrected chi connectivity index (χ0v) is 19.4. The van der Waals surface area contributed by atoms with Gasteiger partial charge in [-0.05, 0) is 50.9 Å². The molecule has 27 heavy (non-hydrogen) atoms. The van der Waals surface area contributed by atoms with Gasteiger partial charge in [0.2, 0.25) is 0 Å². The Morgan fingerprint density at radius 3 is 2.07 bits per heavy atom. The number of rotatable bonds is 8. The third-order valence-corrected chi connectivity index (χ3v) is 6.65. The van der Waals surface area contributed by atoms with Gasteiger partial charge < -0.3 is 15.1 Å². The molecule has 1 aliphatic rings. The molecule has 0 amide bonds. The number of Topliss-reactive ketones (excluding diaryl/α,β-unsaturated/α-hetero) is 1. The van der Waals surface area contributed by atoms with E-state index in [4.69, 9.17) is 0 Å². The van der Waals surface area contributed by atoms with Gasteiger partial charge in [0.1, 0.15) is 5.78 Å². The van der Waals surface area contributed by atoms with E-state index in [9.17, 15) is 15.0 Å². The van der Waals surface area contributed by atoms with Crippen LogP contribution in [0.2, 0.25) is 0 Å². The van der Waals surface area contributed by atoms with Crippen molar-refractivity contribution in [3.63, 3.8) is 0 Å². The number of carbonyl (C=O) groups excluding carboxylic acids is 1. The molecule has 160 valence electrons. The minimum atomic E-state index is -0.868. The molecule has 1 saturated heterocycles. The summed E-state index contributed by atoms with van der Waals surface area (Å²) in [6.07, 6.45) is 3.38. The van der Waals surface area contributed by atoms with E-state index >= 15 is 0 Å². The fourth-order valence-electron chi connectivity index (χ4n) is 5.27. The third-order valence-electron chi connectivity index (χ3n) is 6.65. The van der Waals surface area contributed by atoms with Crippen molar-refractivity contribution in [3.05, 3.63) is 0 Å². The van der Waals surface area contributed by atoms with Gasteiger partial charge in [-0.25, -0.2) is 0 Å². The molecular weight excluding hydrogens is 338 g/mol. The smallest absolute Gasteiger partial charge is 0.133 e. The summed E-state index contributed by atoms with van der Waals surface area (Å²) < 4.78 is 0. The fourth-order valence-corrected chi connectivity index (χ4v) is 5.27. The highest BCUT2D eigenvalue weighted by molar-refractivity contribution is 5.78. The molecule has 4 heteroatoms. The maximum atomic E-state index is 12.1. The summed E-state index contributed by atoms with van der Waals surface area (Å²) in [5.41, 5.74) is -2.24. The predicted molar refractivity (Wildman–Crippen MR) is 113 cm³/mol. The summed E-state index contributed by atoms with van der Waals surface area (Å²) in [5, 5.41) is 22.0. The number of aliphatic hydroxyl groups is 2. The molecule has 0 aromatic rings. The molecule has 0 spiro atoms. The van der Waals surface area contributed by atoms with Gasteiger partial charge in [0.15, 0.2) is 0 Å². The van der Waals surface area contributed by atoms with E-state index < -0.39 is 16.6 Å². The topological polar surface area (TPSA) is 60.8 Å². The van der Waals surface area contributed by atoms with E-state index in [0.717, 1.165) is 26.1 Å². The summed E-state index contributed by atoms with van der Waals surface area (Å²) in [4.78, 5) is 14.6. The van der Waals surface area contributed by atoms with Gasteiger partial charge in [0, 0.05) is 37.9 Å². The van der Waals surface area contributed by atoms with E-state index in [0.29, 0.717) is 31.5 Å². The molecule has 3 atom stereocenters. The Kier molecular flexibility index (Phi) is 7.39. The van der Waals surface area contributed by atoms with Crippen molar-refractivity contribution >= 4 is 5.78 Å². The number of hydrogen-bond donors (Lipinski definition) is 2. The van der Waals surface area contributed by atoms with E-state index in [1.807, 2.05) is 27.7 Å². The third kappa shape index (κ3) is 6.83. The van der Waals surface area contributed by atoms with Crippen LogP contribution in [0.3, 0.4) is 0 Å². The van der Waals surface area contributed by atoms with Crippen LogP contribution in [-0.4, -0.2) is 51.7 Å². The van der Waals surface area contributed by atoms with Crippen molar-refractivity contribution in [1.29, 1.82) is 0 Å². The van der Waals surface area contributed by atoms with Crippen molar-refractivity contribution in [2.45, 2.75) is 106 Å². The molecule has 0 aromatic carbocycles. The lowest BCUT2D eigenvalue weighted by molar-refractivity contribution is -0.122. The predicted octanol–water partition coefficient (Wildman–Crippen LogP) is 4.42. The Balaban J connectivity index is 3.20. The lowest BCUT2D eigenvalue weighted by Gasteiger charge is -2.47. The van der Waals surface area contributed by atoms with Gasteiger partial charge in [0.25, 0.3) is 0 Å². The van der Waals surface area contributed by atoms with Crippen molar-refractivity contribution in [2.24, 2.45) is 16.2 Å². The molecule has 0 bridgehead atoms. The van der Waals surface area contributed by atoms with Crippen molar-refractivity contribution in [2.75, 3.05) is 19.6 Å². The lowest BCUT2D eigenvalue weighted by Crippen LogP contribution is -2.53. The molecule has 1 heterocycles. The average molecular weight is 384 g/mol. The molecule has 0 aliphatic carbocycles. The van der Waals surface area contributed by atoms with Gasteiger partial charge in [0.05, 0.1) is 11.2 Å². The molecule has 2 N–H and O–H groups in total. The van der Waals surface area contributed by atoms with Crippen molar-refractivity contribution in [1.82, 2.24) is 4.90 Å². The molecule has 0 radical (unpaired) electrons. The summed E-state index contributed by atoms with van der Waals surface area (Å²) >= 11 is 0. The summed E-state index contributed by atoms with van der Waals surface area (Å²) in [6.45, 7) is 20.9. The van der Waals surface area contributed by atoms with Crippen LogP contribution in [0.4, 0.5) is 0 Å². The van der Waals surface area contributed by atoms with Crippen LogP contribution in [0.5, 0.6) is 0 Å². The van der Waals surface area contributed by atoms with Gasteiger partial charge >= 0.3 is 0 Å². The summed E-state index contributed by atoms with van der Waals surface area (Å²) in [6, 6.07) is 0. The highest BCUT2D eigenvalue weighted by atomic mass is 16.3. The fraction of sp³-hybridized carbons (Fsp3) is 0.957. The van der Waals surface area contributed by atoms with Crippen LogP contribution in [0, 0.1) is 16.2 Å². The van der Waals surface area contributed by atoms with E-state index in [2.05, 4.69) is 39.5 Å². The second kappa shape index (κ2) is 8.12. The monoisotopic (exact) mass is 383 g/mol. The molecule has 1 fully saturated rings. The molecule has 4 nitrogen and oxygen atoms in total. The standard InChI is InChI=1S/C23H45NO3/c1-10-18(25)12-21(7,11-2)16-24-15-19(3,4)13-23(9,27)22(8,17-24)14-20(5,6)26/h26-27H,10-17H2,1-9H3. The lowest BCUT2D eigenvalue weighted by atomic mass is 9.64. The molecule has 1 aliphatic heterocycles. The number of carbonyl (C=O) groups is 1. The van der Waals surface area contributed by atoms with Crippen LogP contribution >= 0.6 is 0 Å². The van der Waals surface area contributed by atoms with Gasteiger partial charge in [-0.2, -0.15) is 0 Å². The SMILES string of the molecule is CCC(=O)CC(C)(CC)CN1CC(C)(C)CC(C)(O)C(C)(CC(C)(C)O)C1. The Hall–Kier alpha value is -0.450. The summed E-state index contributed by atoms with van der Waals surface area (Å²) in [7, 11) is 0. The first-order valence-electron chi connectivity index (χ1n) is 10.7. The van der Waals surface area contributed by atoms with Crippen LogP contribution in [0.15, 0.2) is 0 Å². The first-order chi connectivity index (χ1) is 12.0. The number of hydrogen-bond acceptors (Lipinski definition) is 4. The molecule has 0 aromatic heterocycles. The first kappa shape index (κ1) is 24.6. The van der Waals surface area contributed by atoms with Crippen molar-refractivity contribution in [3.8, 4) is 0 Å². The number of likely N-dealkylation sites (tertiary alicyclic amines) is 1. The maximum absolute atomic E-state index is 12.1. The van der Waals surface area contributed by atoms with Gasteiger partial charge in [-0.3, -0.25) is 4.79 Å². The van der Waals surface area contributed by atoms with Crippen LogP contribution in [0.1, 0.15) is 94.4 Å². The Morgan fingerprint density at radius 2 is 1.63 bits per heavy atom. The van der Waals surface area contributed by atoms with Crippen LogP contribution in [-0.2, 0) is 4.79 Å². The van der Waals surface area contributed by atoms with E-state index in [1.54, 1.807) is 0 Å². The van der Waals surface area contributed by atoms with Crippen LogP contribution < -0.4 is 0 Å². The average Bonchev–Trinajstić information content (AvgIpc) is 2.48. The Morgan fingerprint density at radius 1 is 1.07 bits per heavy atom. The minimum Gasteiger partial charge on any atom is -0.390 e. The zero-order valence-electron chi connectivity index (χ0n) is 19.4. The van der Waals surface area contributed by atoms with E-state index in [1.165, 1.54) is 0 Å². The van der Waals surface area contributed by atoms with E-state index in [-0.39, 0.29) is 10.8 Å². The molecule has 0 saturated carbocycles.